The van der Waals surface area contributed by atoms with E-state index >= 15 is 0 Å². The van der Waals surface area contributed by atoms with Gasteiger partial charge in [-0.05, 0) is 37.0 Å². The molecule has 2 rings (SSSR count). The van der Waals surface area contributed by atoms with Crippen molar-refractivity contribution < 1.29 is 9.59 Å². The molecule has 160 valence electrons. The smallest absolute Gasteiger partial charge is 0.280 e. The van der Waals surface area contributed by atoms with Crippen LogP contribution >= 0.6 is 23.4 Å². The Kier molecular flexibility index (Phi) is 8.69. The van der Waals surface area contributed by atoms with Gasteiger partial charge >= 0.3 is 0 Å². The van der Waals surface area contributed by atoms with Crippen LogP contribution in [0.25, 0.3) is 0 Å². The van der Waals surface area contributed by atoms with E-state index in [0.717, 1.165) is 24.2 Å². The first-order valence-corrected chi connectivity index (χ1v) is 10.3. The van der Waals surface area contributed by atoms with Crippen molar-refractivity contribution in [3.8, 4) is 0 Å². The van der Waals surface area contributed by atoms with E-state index < -0.39 is 5.91 Å². The third-order valence-corrected chi connectivity index (χ3v) is 5.13. The zero-order valence-corrected chi connectivity index (χ0v) is 17.7. The predicted molar refractivity (Wildman–Crippen MR) is 119 cm³/mol. The summed E-state index contributed by atoms with van der Waals surface area (Å²) in [6, 6.07) is 7.97. The number of aromatic nitrogens is 2. The largest absolute Gasteiger partial charge is 0.382 e. The summed E-state index contributed by atoms with van der Waals surface area (Å²) in [7, 11) is 0. The summed E-state index contributed by atoms with van der Waals surface area (Å²) >= 11 is 7.16. The van der Waals surface area contributed by atoms with Crippen LogP contribution in [0.3, 0.4) is 0 Å². The number of amides is 2. The molecule has 0 saturated heterocycles. The van der Waals surface area contributed by atoms with Gasteiger partial charge in [0, 0.05) is 11.4 Å². The van der Waals surface area contributed by atoms with Crippen molar-refractivity contribution >= 4 is 52.8 Å². The molecule has 12 heteroatoms. The number of primary amides is 1. The number of aryl methyl sites for hydroxylation is 1. The highest BCUT2D eigenvalue weighted by molar-refractivity contribution is 8.00. The van der Waals surface area contributed by atoms with Crippen molar-refractivity contribution in [2.45, 2.75) is 24.2 Å². The highest BCUT2D eigenvalue weighted by Gasteiger charge is 2.16. The van der Waals surface area contributed by atoms with Gasteiger partial charge < -0.3 is 22.9 Å². The molecule has 1 aromatic heterocycles. The summed E-state index contributed by atoms with van der Waals surface area (Å²) in [5.74, 6) is -1.01. The summed E-state index contributed by atoms with van der Waals surface area (Å²) in [6.07, 6.45) is 2.55. The number of anilines is 2. The average molecular weight is 451 g/mol. The normalized spacial score (nSPS) is 11.3. The average Bonchev–Trinajstić information content (AvgIpc) is 2.69. The Morgan fingerprint density at radius 1 is 1.07 bits per heavy atom. The number of rotatable bonds is 9. The lowest BCUT2D eigenvalue weighted by atomic mass is 10.1. The van der Waals surface area contributed by atoms with Gasteiger partial charge in [0.05, 0.1) is 5.75 Å². The van der Waals surface area contributed by atoms with Crippen molar-refractivity contribution in [2.75, 3.05) is 23.8 Å². The second-order valence-electron chi connectivity index (χ2n) is 6.21. The zero-order valence-electron chi connectivity index (χ0n) is 16.1. The van der Waals surface area contributed by atoms with Crippen LogP contribution in [-0.4, -0.2) is 40.0 Å². The summed E-state index contributed by atoms with van der Waals surface area (Å²) < 4.78 is 0. The van der Waals surface area contributed by atoms with Gasteiger partial charge in [0.2, 0.25) is 5.91 Å². The molecule has 1 aromatic carbocycles. The van der Waals surface area contributed by atoms with E-state index in [0.29, 0.717) is 6.54 Å². The maximum atomic E-state index is 12.1. The minimum absolute atomic E-state index is 0.0509. The number of hydrogen-bond donors (Lipinski definition) is 5. The van der Waals surface area contributed by atoms with E-state index in [2.05, 4.69) is 20.3 Å². The van der Waals surface area contributed by atoms with Gasteiger partial charge in [-0.25, -0.2) is 9.97 Å². The number of benzene rings is 1. The van der Waals surface area contributed by atoms with Gasteiger partial charge in [-0.2, -0.15) is 0 Å². The SMILES string of the molecule is NC(=O)CSc1ccc(CCCCN=C(N)NC(=O)c2nc(Cl)c(N)nc2N)cc1. The maximum absolute atomic E-state index is 12.1. The Balaban J connectivity index is 1.74. The van der Waals surface area contributed by atoms with Crippen molar-refractivity contribution in [3.63, 3.8) is 0 Å². The number of aliphatic imine (C=N–C) groups is 1. The van der Waals surface area contributed by atoms with Crippen LogP contribution in [-0.2, 0) is 11.2 Å². The topological polar surface area (TPSA) is 188 Å². The minimum atomic E-state index is -0.669. The Morgan fingerprint density at radius 2 is 1.77 bits per heavy atom. The standard InChI is InChI=1S/C18H23ClN8O2S/c19-14-16(22)26-15(21)13(25-14)17(29)27-18(23)24-8-2-1-3-10-4-6-11(7-5-10)30-9-12(20)28/h4-7H,1-3,8-9H2,(H2,20,28)(H4,21,22,26)(H3,23,24,27,29). The summed E-state index contributed by atoms with van der Waals surface area (Å²) in [5.41, 5.74) is 23.0. The van der Waals surface area contributed by atoms with E-state index in [1.54, 1.807) is 0 Å². The molecule has 0 radical (unpaired) electrons. The second-order valence-corrected chi connectivity index (χ2v) is 7.62. The number of carbonyl (C=O) groups excluding carboxylic acids is 2. The summed E-state index contributed by atoms with van der Waals surface area (Å²) in [4.78, 5) is 35.6. The third-order valence-electron chi connectivity index (χ3n) is 3.82. The molecule has 0 aliphatic heterocycles. The quantitative estimate of drug-likeness (QED) is 0.161. The number of unbranched alkanes of at least 4 members (excludes halogenated alkanes) is 1. The van der Waals surface area contributed by atoms with Crippen LogP contribution in [0, 0.1) is 0 Å². The predicted octanol–water partition coefficient (Wildman–Crippen LogP) is 0.939. The Morgan fingerprint density at radius 3 is 2.43 bits per heavy atom. The summed E-state index contributed by atoms with van der Waals surface area (Å²) in [5, 5.41) is 2.27. The molecule has 0 saturated carbocycles. The van der Waals surface area contributed by atoms with Crippen LogP contribution in [0.4, 0.5) is 11.6 Å². The molecule has 0 unspecified atom stereocenters. The van der Waals surface area contributed by atoms with Gasteiger partial charge in [-0.1, -0.05) is 23.7 Å². The molecule has 0 bridgehead atoms. The van der Waals surface area contributed by atoms with Crippen LogP contribution in [0.1, 0.15) is 28.9 Å². The minimum Gasteiger partial charge on any atom is -0.382 e. The number of nitrogens with one attached hydrogen (secondary N) is 1. The highest BCUT2D eigenvalue weighted by Crippen LogP contribution is 2.19. The number of nitrogens with two attached hydrogens (primary N) is 4. The highest BCUT2D eigenvalue weighted by atomic mass is 35.5. The molecular weight excluding hydrogens is 428 g/mol. The monoisotopic (exact) mass is 450 g/mol. The van der Waals surface area contributed by atoms with Crippen molar-refractivity contribution in [2.24, 2.45) is 16.5 Å². The third kappa shape index (κ3) is 7.41. The van der Waals surface area contributed by atoms with Crippen LogP contribution in [0.15, 0.2) is 34.2 Å². The lowest BCUT2D eigenvalue weighted by Crippen LogP contribution is -2.38. The van der Waals surface area contributed by atoms with Gasteiger partial charge in [-0.15, -0.1) is 11.8 Å². The molecule has 0 aliphatic rings. The number of nitrogen functional groups attached to an aromatic ring is 2. The van der Waals surface area contributed by atoms with Crippen molar-refractivity contribution in [3.05, 3.63) is 40.7 Å². The van der Waals surface area contributed by atoms with E-state index in [1.807, 2.05) is 24.3 Å². The Bertz CT molecular complexity index is 937. The van der Waals surface area contributed by atoms with Gasteiger partial charge in [0.1, 0.15) is 0 Å². The maximum Gasteiger partial charge on any atom is 0.280 e. The number of nitrogens with zero attached hydrogens (tertiary/aromatic N) is 3. The van der Waals surface area contributed by atoms with Gasteiger partial charge in [-0.3, -0.25) is 19.9 Å². The first-order valence-electron chi connectivity index (χ1n) is 8.96. The molecule has 2 aromatic rings. The lowest BCUT2D eigenvalue weighted by Gasteiger charge is -2.07. The van der Waals surface area contributed by atoms with E-state index in [9.17, 15) is 9.59 Å². The molecule has 0 atom stereocenters. The Labute approximate surface area is 182 Å². The second kappa shape index (κ2) is 11.2. The molecule has 0 fully saturated rings. The fourth-order valence-corrected chi connectivity index (χ4v) is 3.14. The molecule has 1 heterocycles. The molecular formula is C18H23ClN8O2S. The zero-order chi connectivity index (χ0) is 22.1. The fraction of sp³-hybridized carbons (Fsp3) is 0.278. The fourth-order valence-electron chi connectivity index (χ4n) is 2.37. The first kappa shape index (κ1) is 23.2. The number of halogens is 1. The molecule has 10 nitrogen and oxygen atoms in total. The van der Waals surface area contributed by atoms with Crippen LogP contribution in [0.5, 0.6) is 0 Å². The lowest BCUT2D eigenvalue weighted by molar-refractivity contribution is -0.115. The van der Waals surface area contributed by atoms with E-state index in [1.165, 1.54) is 17.3 Å². The van der Waals surface area contributed by atoms with Gasteiger partial charge in [0.25, 0.3) is 5.91 Å². The van der Waals surface area contributed by atoms with Crippen LogP contribution in [0.2, 0.25) is 5.15 Å². The number of guanidine groups is 1. The van der Waals surface area contributed by atoms with E-state index in [4.69, 9.17) is 34.5 Å². The van der Waals surface area contributed by atoms with Crippen molar-refractivity contribution in [1.82, 2.24) is 15.3 Å². The van der Waals surface area contributed by atoms with Crippen LogP contribution < -0.4 is 28.3 Å². The molecule has 0 spiro atoms. The number of hydrogen-bond acceptors (Lipinski definition) is 8. The number of carbonyl (C=O) groups is 2. The summed E-state index contributed by atoms with van der Waals surface area (Å²) in [6.45, 7) is 0.447. The van der Waals surface area contributed by atoms with E-state index in [-0.39, 0.29) is 40.1 Å². The first-order chi connectivity index (χ1) is 14.3. The Hall–Kier alpha value is -3.05. The van der Waals surface area contributed by atoms with Crippen molar-refractivity contribution in [1.29, 1.82) is 0 Å². The molecule has 0 aliphatic carbocycles. The number of thioether (sulfide) groups is 1. The molecule has 2 amide bonds. The molecule has 30 heavy (non-hydrogen) atoms. The van der Waals surface area contributed by atoms with Gasteiger partial charge in [0.15, 0.2) is 28.4 Å². The molecule has 9 N–H and O–H groups in total.